The summed E-state index contributed by atoms with van der Waals surface area (Å²) in [5.41, 5.74) is 3.32. The van der Waals surface area contributed by atoms with Crippen LogP contribution < -0.4 is 16.6 Å². The Kier molecular flexibility index (Phi) is 6.50. The minimum absolute atomic E-state index is 0.00338. The highest BCUT2D eigenvalue weighted by Gasteiger charge is 2.23. The lowest BCUT2D eigenvalue weighted by Gasteiger charge is -2.30. The van der Waals surface area contributed by atoms with Gasteiger partial charge in [0.05, 0.1) is 30.0 Å². The summed E-state index contributed by atoms with van der Waals surface area (Å²) >= 11 is 6.46. The Labute approximate surface area is 211 Å². The first-order valence-corrected chi connectivity index (χ1v) is 12.0. The molecule has 188 valence electrons. The maximum Gasteiger partial charge on any atom is 0.331 e. The Bertz CT molecular complexity index is 1540. The number of ether oxygens (including phenoxy) is 1. The van der Waals surface area contributed by atoms with Crippen LogP contribution in [0.25, 0.3) is 16.8 Å². The van der Waals surface area contributed by atoms with E-state index < -0.39 is 17.1 Å². The molecule has 4 heterocycles. The molecule has 1 aliphatic rings. The van der Waals surface area contributed by atoms with E-state index in [9.17, 15) is 14.0 Å². The third-order valence-corrected chi connectivity index (χ3v) is 6.66. The summed E-state index contributed by atoms with van der Waals surface area (Å²) in [6.07, 6.45) is 4.83. The van der Waals surface area contributed by atoms with Gasteiger partial charge < -0.3 is 14.6 Å². The van der Waals surface area contributed by atoms with Crippen LogP contribution in [0.4, 0.5) is 4.39 Å². The molecule has 1 unspecified atom stereocenters. The van der Waals surface area contributed by atoms with Gasteiger partial charge in [-0.1, -0.05) is 11.6 Å². The highest BCUT2D eigenvalue weighted by molar-refractivity contribution is 6.31. The maximum atomic E-state index is 14.0. The van der Waals surface area contributed by atoms with Crippen molar-refractivity contribution in [3.05, 3.63) is 85.3 Å². The Morgan fingerprint density at radius 2 is 2.03 bits per heavy atom. The summed E-state index contributed by atoms with van der Waals surface area (Å²) in [6, 6.07) is 5.60. The second-order valence-corrected chi connectivity index (χ2v) is 9.66. The van der Waals surface area contributed by atoms with Gasteiger partial charge in [0.1, 0.15) is 6.33 Å². The van der Waals surface area contributed by atoms with Gasteiger partial charge in [0.15, 0.2) is 0 Å². The predicted octanol–water partition coefficient (Wildman–Crippen LogP) is 2.33. The van der Waals surface area contributed by atoms with E-state index in [2.05, 4.69) is 15.4 Å². The molecule has 1 saturated heterocycles. The van der Waals surface area contributed by atoms with E-state index in [1.165, 1.54) is 13.4 Å². The van der Waals surface area contributed by atoms with E-state index in [1.54, 1.807) is 16.8 Å². The standard InChI is InChI=1S/C25H26ClFN6O3/c1-14-4-17(26)6-20(19(14)7-18-9-28-8-15(2)36-18)23-22-5-16(11-33(22)30-13-29-23)10-32-24(34)21(27)12-31(3)25(32)35/h4-6,11-13,15,18,28H,7-10H2,1-3H3/t15-,18?/m0/s1. The number of aromatic nitrogens is 5. The molecule has 1 aromatic carbocycles. The molecule has 0 amide bonds. The first-order valence-electron chi connectivity index (χ1n) is 11.6. The number of rotatable bonds is 5. The molecular weight excluding hydrogens is 487 g/mol. The van der Waals surface area contributed by atoms with Crippen LogP contribution in [0.15, 0.2) is 46.5 Å². The Balaban J connectivity index is 1.59. The van der Waals surface area contributed by atoms with Gasteiger partial charge >= 0.3 is 5.69 Å². The summed E-state index contributed by atoms with van der Waals surface area (Å²) < 4.78 is 23.7. The number of nitrogens with one attached hydrogen (secondary N) is 1. The highest BCUT2D eigenvalue weighted by Crippen LogP contribution is 2.33. The van der Waals surface area contributed by atoms with E-state index in [-0.39, 0.29) is 18.8 Å². The number of fused-ring (bicyclic) bond motifs is 1. The third kappa shape index (κ3) is 4.59. The van der Waals surface area contributed by atoms with Gasteiger partial charge in [-0.3, -0.25) is 9.36 Å². The van der Waals surface area contributed by atoms with Crippen LogP contribution in [0.1, 0.15) is 23.6 Å². The van der Waals surface area contributed by atoms with Gasteiger partial charge in [0.25, 0.3) is 5.56 Å². The van der Waals surface area contributed by atoms with Gasteiger partial charge in [-0.05, 0) is 48.7 Å². The quantitative estimate of drug-likeness (QED) is 0.441. The zero-order chi connectivity index (χ0) is 25.6. The van der Waals surface area contributed by atoms with Gasteiger partial charge in [-0.25, -0.2) is 14.3 Å². The predicted molar refractivity (Wildman–Crippen MR) is 134 cm³/mol. The lowest BCUT2D eigenvalue weighted by Crippen LogP contribution is -2.44. The highest BCUT2D eigenvalue weighted by atomic mass is 35.5. The number of hydrogen-bond acceptors (Lipinski definition) is 6. The number of nitrogens with zero attached hydrogens (tertiary/aromatic N) is 5. The number of morpholine rings is 1. The maximum absolute atomic E-state index is 14.0. The Morgan fingerprint density at radius 1 is 1.22 bits per heavy atom. The minimum atomic E-state index is -0.992. The molecule has 0 radical (unpaired) electrons. The average molecular weight is 513 g/mol. The Morgan fingerprint density at radius 3 is 2.81 bits per heavy atom. The van der Waals surface area contributed by atoms with Crippen molar-refractivity contribution in [2.45, 2.75) is 39.0 Å². The molecule has 2 atom stereocenters. The minimum Gasteiger partial charge on any atom is -0.372 e. The van der Waals surface area contributed by atoms with E-state index >= 15 is 0 Å². The molecule has 0 saturated carbocycles. The number of aryl methyl sites for hydroxylation is 2. The molecule has 4 aromatic rings. The zero-order valence-electron chi connectivity index (χ0n) is 20.2. The van der Waals surface area contributed by atoms with Crippen LogP contribution >= 0.6 is 11.6 Å². The first kappa shape index (κ1) is 24.4. The fraction of sp³-hybridized carbons (Fsp3) is 0.360. The summed E-state index contributed by atoms with van der Waals surface area (Å²) in [5, 5.41) is 8.29. The van der Waals surface area contributed by atoms with Crippen molar-refractivity contribution in [2.75, 3.05) is 13.1 Å². The monoisotopic (exact) mass is 512 g/mol. The summed E-state index contributed by atoms with van der Waals surface area (Å²) in [6.45, 7) is 5.52. The average Bonchev–Trinajstić information content (AvgIpc) is 3.25. The molecule has 0 aliphatic carbocycles. The van der Waals surface area contributed by atoms with Crippen LogP contribution in [-0.2, 0) is 24.8 Å². The van der Waals surface area contributed by atoms with Crippen molar-refractivity contribution in [1.82, 2.24) is 29.0 Å². The van der Waals surface area contributed by atoms with Gasteiger partial charge in [0, 0.05) is 49.5 Å². The van der Waals surface area contributed by atoms with Crippen LogP contribution in [0.3, 0.4) is 0 Å². The van der Waals surface area contributed by atoms with Crippen molar-refractivity contribution in [2.24, 2.45) is 7.05 Å². The van der Waals surface area contributed by atoms with E-state index in [4.69, 9.17) is 16.3 Å². The molecule has 1 N–H and O–H groups in total. The van der Waals surface area contributed by atoms with Crippen molar-refractivity contribution in [3.8, 4) is 11.3 Å². The van der Waals surface area contributed by atoms with Crippen LogP contribution in [0.5, 0.6) is 0 Å². The van der Waals surface area contributed by atoms with Crippen molar-refractivity contribution in [3.63, 3.8) is 0 Å². The molecule has 0 spiro atoms. The lowest BCUT2D eigenvalue weighted by molar-refractivity contribution is -0.0262. The second kappa shape index (κ2) is 9.61. The number of hydrogen-bond donors (Lipinski definition) is 1. The fourth-order valence-electron chi connectivity index (χ4n) is 4.76. The summed E-state index contributed by atoms with van der Waals surface area (Å²) in [4.78, 5) is 29.3. The van der Waals surface area contributed by atoms with Crippen LogP contribution in [0.2, 0.25) is 5.02 Å². The number of benzene rings is 1. The zero-order valence-corrected chi connectivity index (χ0v) is 20.9. The third-order valence-electron chi connectivity index (χ3n) is 6.45. The molecule has 36 heavy (non-hydrogen) atoms. The fourth-order valence-corrected chi connectivity index (χ4v) is 5.03. The molecule has 5 rings (SSSR count). The summed E-state index contributed by atoms with van der Waals surface area (Å²) in [7, 11) is 1.40. The molecule has 1 aliphatic heterocycles. The lowest BCUT2D eigenvalue weighted by atomic mass is 9.93. The van der Waals surface area contributed by atoms with Crippen molar-refractivity contribution >= 4 is 17.1 Å². The smallest absolute Gasteiger partial charge is 0.331 e. The van der Waals surface area contributed by atoms with E-state index in [0.717, 1.165) is 45.1 Å². The summed E-state index contributed by atoms with van der Waals surface area (Å²) in [5.74, 6) is -0.992. The number of halogens is 2. The van der Waals surface area contributed by atoms with Gasteiger partial charge in [-0.2, -0.15) is 9.49 Å². The SMILES string of the molecule is Cc1cc(Cl)cc(-c2ncnn3cc(Cn4c(=O)c(F)cn(C)c4=O)cc23)c1CC1CNC[C@H](C)O1. The molecule has 1 fully saturated rings. The van der Waals surface area contributed by atoms with Crippen molar-refractivity contribution < 1.29 is 9.13 Å². The molecule has 11 heteroatoms. The largest absolute Gasteiger partial charge is 0.372 e. The molecule has 3 aromatic heterocycles. The second-order valence-electron chi connectivity index (χ2n) is 9.23. The Hall–Kier alpha value is -3.34. The molecular formula is C25H26ClFN6O3. The van der Waals surface area contributed by atoms with E-state index in [0.29, 0.717) is 28.2 Å². The van der Waals surface area contributed by atoms with Crippen LogP contribution in [-0.4, -0.2) is 49.0 Å². The van der Waals surface area contributed by atoms with Crippen molar-refractivity contribution in [1.29, 1.82) is 0 Å². The van der Waals surface area contributed by atoms with E-state index in [1.807, 2.05) is 26.0 Å². The first-order chi connectivity index (χ1) is 17.2. The molecule has 0 bridgehead atoms. The molecule has 9 nitrogen and oxygen atoms in total. The normalized spacial score (nSPS) is 18.1. The van der Waals surface area contributed by atoms with Gasteiger partial charge in [0.2, 0.25) is 5.82 Å². The topological polar surface area (TPSA) is 95.5 Å². The van der Waals surface area contributed by atoms with Gasteiger partial charge in [-0.15, -0.1) is 0 Å². The van der Waals surface area contributed by atoms with Crippen LogP contribution in [0, 0.1) is 12.7 Å².